The van der Waals surface area contributed by atoms with E-state index in [0.717, 1.165) is 6.61 Å². The molecule has 0 saturated heterocycles. The van der Waals surface area contributed by atoms with Crippen LogP contribution >= 0.6 is 8.53 Å². The number of aldehydes is 1. The minimum atomic E-state index is -2.40. The van der Waals surface area contributed by atoms with Crippen LogP contribution in [-0.2, 0) is 9.53 Å². The van der Waals surface area contributed by atoms with Crippen molar-refractivity contribution in [2.45, 2.75) is 27.7 Å². The molecule has 0 saturated carbocycles. The number of ether oxygens (including phenoxy) is 1. The van der Waals surface area contributed by atoms with Gasteiger partial charge in [-0.05, 0) is 18.1 Å². The van der Waals surface area contributed by atoms with Crippen molar-refractivity contribution in [3.05, 3.63) is 59.4 Å². The number of rotatable bonds is 9. The van der Waals surface area contributed by atoms with Gasteiger partial charge in [-0.2, -0.15) is 8.78 Å². The highest BCUT2D eigenvalue weighted by molar-refractivity contribution is 7.45. The van der Waals surface area contributed by atoms with Crippen molar-refractivity contribution in [3.63, 3.8) is 0 Å². The molecule has 5 nitrogen and oxygen atoms in total. The smallest absolute Gasteiger partial charge is 0.382 e. The third-order valence-corrected chi connectivity index (χ3v) is 4.24. The highest BCUT2D eigenvalue weighted by Crippen LogP contribution is 2.40. The van der Waals surface area contributed by atoms with Crippen LogP contribution in [0.2, 0.25) is 0 Å². The van der Waals surface area contributed by atoms with Crippen LogP contribution in [0.4, 0.5) is 22.0 Å². The Morgan fingerprint density at radius 2 is 1.41 bits per heavy atom. The molecule has 0 aliphatic rings. The molecule has 0 spiro atoms. The Hall–Kier alpha value is -2.29. The van der Waals surface area contributed by atoms with Crippen molar-refractivity contribution in [1.82, 2.24) is 5.09 Å². The van der Waals surface area contributed by atoms with E-state index in [1.165, 1.54) is 12.1 Å². The van der Waals surface area contributed by atoms with Gasteiger partial charge in [0.2, 0.25) is 34.8 Å². The number of benzene rings is 2. The molecule has 2 aromatic carbocycles. The van der Waals surface area contributed by atoms with E-state index in [4.69, 9.17) is 13.8 Å². The average Bonchev–Trinajstić information content (AvgIpc) is 2.79. The predicted octanol–water partition coefficient (Wildman–Crippen LogP) is 6.17. The highest BCUT2D eigenvalue weighted by atomic mass is 31.2. The molecule has 0 aliphatic heterocycles. The lowest BCUT2D eigenvalue weighted by Crippen LogP contribution is -2.18. The van der Waals surface area contributed by atoms with E-state index in [0.29, 0.717) is 12.2 Å². The second kappa shape index (κ2) is 16.4. The number of methoxy groups -OCH3 is 1. The molecule has 0 fully saturated rings. The summed E-state index contributed by atoms with van der Waals surface area (Å²) in [5.41, 5.74) is 0. The van der Waals surface area contributed by atoms with E-state index in [1.807, 2.05) is 13.8 Å². The Balaban J connectivity index is 0.00000104. The number of carbonyl (C=O) groups excluding carboxylic acids is 1. The lowest BCUT2D eigenvalue weighted by molar-refractivity contribution is -0.106. The zero-order valence-electron chi connectivity index (χ0n) is 18.4. The van der Waals surface area contributed by atoms with Crippen molar-refractivity contribution in [2.24, 2.45) is 5.92 Å². The van der Waals surface area contributed by atoms with E-state index in [-0.39, 0.29) is 12.3 Å². The molecule has 0 aliphatic carbocycles. The standard InChI is InChI=1S/C14H9F5NO3P.C5H12O.C2H6/c15-9-10(16)12(18)14(13(19)11(9)17)23-24(20-6-7-21)22-8-4-2-1-3-5-8;1-5(2)4-6-3;1-2/h1-5,7,20H,6H2;5H,4H2,1-3H3;1-2H3. The number of hydrogen-bond acceptors (Lipinski definition) is 5. The van der Waals surface area contributed by atoms with Gasteiger partial charge in [-0.3, -0.25) is 0 Å². The van der Waals surface area contributed by atoms with Crippen LogP contribution in [0.25, 0.3) is 0 Å². The molecule has 2 aromatic rings. The summed E-state index contributed by atoms with van der Waals surface area (Å²) < 4.78 is 81.5. The Kier molecular flexibility index (Phi) is 15.2. The number of hydrogen-bond donors (Lipinski definition) is 1. The first-order valence-electron chi connectivity index (χ1n) is 9.61. The topological polar surface area (TPSA) is 56.8 Å². The van der Waals surface area contributed by atoms with Gasteiger partial charge in [0, 0.05) is 13.7 Å². The fourth-order valence-electron chi connectivity index (χ4n) is 1.85. The van der Waals surface area contributed by atoms with Crippen LogP contribution < -0.4 is 14.1 Å². The maximum atomic E-state index is 13.6. The first kappa shape index (κ1) is 29.7. The van der Waals surface area contributed by atoms with Crippen molar-refractivity contribution in [3.8, 4) is 11.5 Å². The summed E-state index contributed by atoms with van der Waals surface area (Å²) in [4.78, 5) is 10.4. The summed E-state index contributed by atoms with van der Waals surface area (Å²) >= 11 is 0. The van der Waals surface area contributed by atoms with Crippen molar-refractivity contribution in [1.29, 1.82) is 0 Å². The van der Waals surface area contributed by atoms with Gasteiger partial charge in [-0.25, -0.2) is 18.3 Å². The summed E-state index contributed by atoms with van der Waals surface area (Å²) in [6.07, 6.45) is 0.408. The molecule has 0 amide bonds. The Morgan fingerprint density at radius 1 is 0.906 bits per heavy atom. The molecular weight excluding hydrogens is 456 g/mol. The Morgan fingerprint density at radius 3 is 1.81 bits per heavy atom. The number of halogens is 5. The first-order valence-corrected chi connectivity index (χ1v) is 10.8. The van der Waals surface area contributed by atoms with Crippen molar-refractivity contribution < 1.29 is 40.5 Å². The largest absolute Gasteiger partial charge is 0.427 e. The van der Waals surface area contributed by atoms with Crippen LogP contribution in [0, 0.1) is 35.0 Å². The zero-order valence-corrected chi connectivity index (χ0v) is 19.3. The van der Waals surface area contributed by atoms with Crippen LogP contribution in [0.1, 0.15) is 27.7 Å². The molecular formula is C21H27F5NO4P. The first-order chi connectivity index (χ1) is 15.2. The van der Waals surface area contributed by atoms with E-state index < -0.39 is 43.4 Å². The predicted molar refractivity (Wildman–Crippen MR) is 113 cm³/mol. The fourth-order valence-corrected chi connectivity index (χ4v) is 2.88. The van der Waals surface area contributed by atoms with Gasteiger partial charge in [0.05, 0.1) is 6.54 Å². The van der Waals surface area contributed by atoms with Gasteiger partial charge in [0.1, 0.15) is 12.0 Å². The molecule has 0 aromatic heterocycles. The van der Waals surface area contributed by atoms with E-state index in [2.05, 4.69) is 18.9 Å². The summed E-state index contributed by atoms with van der Waals surface area (Å²) in [6, 6.07) is 7.78. The summed E-state index contributed by atoms with van der Waals surface area (Å²) in [6.45, 7) is 8.81. The number of nitrogens with one attached hydrogen (secondary N) is 1. The minimum absolute atomic E-state index is 0.200. The van der Waals surface area contributed by atoms with Crippen molar-refractivity contribution >= 4 is 14.8 Å². The second-order valence-electron chi connectivity index (χ2n) is 6.03. The van der Waals surface area contributed by atoms with Crippen LogP contribution in [0.3, 0.4) is 0 Å². The Labute approximate surface area is 185 Å². The maximum absolute atomic E-state index is 13.6. The van der Waals surface area contributed by atoms with Crippen LogP contribution in [-0.4, -0.2) is 26.5 Å². The van der Waals surface area contributed by atoms with E-state index >= 15 is 0 Å². The lowest BCUT2D eigenvalue weighted by Gasteiger charge is -2.19. The molecule has 1 atom stereocenters. The number of carbonyl (C=O) groups is 1. The lowest BCUT2D eigenvalue weighted by atomic mass is 10.2. The molecule has 32 heavy (non-hydrogen) atoms. The summed E-state index contributed by atoms with van der Waals surface area (Å²) in [5, 5.41) is 2.35. The van der Waals surface area contributed by atoms with Gasteiger partial charge < -0.3 is 18.6 Å². The maximum Gasteiger partial charge on any atom is 0.382 e. The zero-order chi connectivity index (χ0) is 24.7. The van der Waals surface area contributed by atoms with Gasteiger partial charge in [-0.15, -0.1) is 0 Å². The minimum Gasteiger partial charge on any atom is -0.427 e. The van der Waals surface area contributed by atoms with Crippen molar-refractivity contribution in [2.75, 3.05) is 20.3 Å². The van der Waals surface area contributed by atoms with Crippen LogP contribution in [0.15, 0.2) is 30.3 Å². The van der Waals surface area contributed by atoms with E-state index in [1.54, 1.807) is 25.3 Å². The normalized spacial score (nSPS) is 11.0. The Bertz CT molecular complexity index is 784. The highest BCUT2D eigenvalue weighted by Gasteiger charge is 2.30. The van der Waals surface area contributed by atoms with Gasteiger partial charge in [0.15, 0.2) is 0 Å². The van der Waals surface area contributed by atoms with Gasteiger partial charge in [0.25, 0.3) is 0 Å². The molecule has 0 bridgehead atoms. The molecule has 1 unspecified atom stereocenters. The monoisotopic (exact) mass is 483 g/mol. The van der Waals surface area contributed by atoms with E-state index in [9.17, 15) is 26.7 Å². The molecule has 2 rings (SSSR count). The quantitative estimate of drug-likeness (QED) is 0.152. The second-order valence-corrected chi connectivity index (χ2v) is 7.23. The summed E-state index contributed by atoms with van der Waals surface area (Å²) in [7, 11) is -0.681. The number of para-hydroxylation sites is 1. The molecule has 0 heterocycles. The SMILES string of the molecule is CC.COCC(C)C.O=CCNP(Oc1ccccc1)Oc1c(F)c(F)c(F)c(F)c1F. The van der Waals surface area contributed by atoms with Gasteiger partial charge >= 0.3 is 8.53 Å². The summed E-state index contributed by atoms with van der Waals surface area (Å²) in [5.74, 6) is -11.5. The molecule has 1 N–H and O–H groups in total. The molecule has 11 heteroatoms. The average molecular weight is 483 g/mol. The third-order valence-electron chi connectivity index (χ3n) is 3.08. The fraction of sp³-hybridized carbons (Fsp3) is 0.381. The third kappa shape index (κ3) is 9.89. The van der Waals surface area contributed by atoms with Gasteiger partial charge in [-0.1, -0.05) is 45.9 Å². The molecule has 0 radical (unpaired) electrons. The van der Waals surface area contributed by atoms with Crippen LogP contribution in [0.5, 0.6) is 11.5 Å². The molecule has 180 valence electrons.